The van der Waals surface area contributed by atoms with Crippen LogP contribution in [0.25, 0.3) is 0 Å². The average Bonchev–Trinajstić information content (AvgIpc) is 3.20. The number of nitrogens with two attached hydrogens (primary N) is 1. The molecule has 2 saturated carbocycles. The molecule has 1 saturated heterocycles. The molecule has 2 aliphatic carbocycles. The SMILES string of the molecule is NC1CCCCCCC1N1CCN(CC2CC2)CC1. The van der Waals surface area contributed by atoms with Gasteiger partial charge in [0.1, 0.15) is 0 Å². The van der Waals surface area contributed by atoms with Gasteiger partial charge in [0, 0.05) is 44.8 Å². The average molecular weight is 265 g/mol. The Morgan fingerprint density at radius 3 is 2.16 bits per heavy atom. The minimum Gasteiger partial charge on any atom is -0.326 e. The number of nitrogens with zero attached hydrogens (tertiary/aromatic N) is 2. The van der Waals surface area contributed by atoms with Crippen LogP contribution < -0.4 is 5.73 Å². The number of rotatable bonds is 3. The molecule has 0 aromatic heterocycles. The molecule has 3 aliphatic rings. The van der Waals surface area contributed by atoms with Crippen molar-refractivity contribution in [3.63, 3.8) is 0 Å². The summed E-state index contributed by atoms with van der Waals surface area (Å²) < 4.78 is 0. The lowest BCUT2D eigenvalue weighted by molar-refractivity contribution is 0.0730. The van der Waals surface area contributed by atoms with Crippen LogP contribution >= 0.6 is 0 Å². The maximum atomic E-state index is 6.45. The molecule has 0 aromatic carbocycles. The fraction of sp³-hybridized carbons (Fsp3) is 1.00. The summed E-state index contributed by atoms with van der Waals surface area (Å²) in [6, 6.07) is 1.10. The first-order valence-corrected chi connectivity index (χ1v) is 8.55. The van der Waals surface area contributed by atoms with E-state index in [-0.39, 0.29) is 0 Å². The van der Waals surface area contributed by atoms with E-state index in [1.54, 1.807) is 0 Å². The molecule has 0 amide bonds. The Balaban J connectivity index is 1.47. The maximum absolute atomic E-state index is 6.45. The van der Waals surface area contributed by atoms with E-state index in [4.69, 9.17) is 5.73 Å². The summed E-state index contributed by atoms with van der Waals surface area (Å²) in [6.45, 7) is 6.43. The van der Waals surface area contributed by atoms with Gasteiger partial charge in [-0.05, 0) is 31.6 Å². The lowest BCUT2D eigenvalue weighted by Crippen LogP contribution is -2.55. The highest BCUT2D eigenvalue weighted by atomic mass is 15.3. The molecule has 3 rings (SSSR count). The second-order valence-electron chi connectivity index (χ2n) is 7.00. The van der Waals surface area contributed by atoms with E-state index in [2.05, 4.69) is 9.80 Å². The van der Waals surface area contributed by atoms with E-state index in [1.165, 1.54) is 84.1 Å². The van der Waals surface area contributed by atoms with Gasteiger partial charge in [-0.2, -0.15) is 0 Å². The molecule has 1 heterocycles. The summed E-state index contributed by atoms with van der Waals surface area (Å²) in [5.74, 6) is 1.04. The number of hydrogen-bond acceptors (Lipinski definition) is 3. The lowest BCUT2D eigenvalue weighted by Gasteiger charge is -2.42. The second kappa shape index (κ2) is 6.55. The van der Waals surface area contributed by atoms with Crippen molar-refractivity contribution in [2.24, 2.45) is 11.7 Å². The van der Waals surface area contributed by atoms with Gasteiger partial charge < -0.3 is 10.6 Å². The lowest BCUT2D eigenvalue weighted by atomic mass is 9.91. The fourth-order valence-corrected chi connectivity index (χ4v) is 3.89. The largest absolute Gasteiger partial charge is 0.326 e. The normalized spacial score (nSPS) is 35.8. The van der Waals surface area contributed by atoms with Crippen LogP contribution in [-0.2, 0) is 0 Å². The first-order valence-electron chi connectivity index (χ1n) is 8.55. The van der Waals surface area contributed by atoms with Gasteiger partial charge in [-0.3, -0.25) is 4.90 Å². The van der Waals surface area contributed by atoms with Gasteiger partial charge in [0.25, 0.3) is 0 Å². The summed E-state index contributed by atoms with van der Waals surface area (Å²) in [5, 5.41) is 0. The van der Waals surface area contributed by atoms with E-state index in [1.807, 2.05) is 0 Å². The molecule has 0 spiro atoms. The Bertz CT molecular complexity index is 269. The molecule has 1 aliphatic heterocycles. The van der Waals surface area contributed by atoms with Crippen molar-refractivity contribution in [1.29, 1.82) is 0 Å². The quantitative estimate of drug-likeness (QED) is 0.848. The highest BCUT2D eigenvalue weighted by Crippen LogP contribution is 2.30. The van der Waals surface area contributed by atoms with Gasteiger partial charge in [-0.15, -0.1) is 0 Å². The standard InChI is InChI=1S/C16H31N3/c17-15-5-3-1-2-4-6-16(15)19-11-9-18(10-12-19)13-14-7-8-14/h14-16H,1-13,17H2. The molecule has 110 valence electrons. The molecular weight excluding hydrogens is 234 g/mol. The van der Waals surface area contributed by atoms with Crippen molar-refractivity contribution >= 4 is 0 Å². The zero-order valence-corrected chi connectivity index (χ0v) is 12.4. The summed E-state index contributed by atoms with van der Waals surface area (Å²) in [7, 11) is 0. The smallest absolute Gasteiger partial charge is 0.0248 e. The monoisotopic (exact) mass is 265 g/mol. The van der Waals surface area contributed by atoms with Crippen molar-refractivity contribution < 1.29 is 0 Å². The molecule has 0 radical (unpaired) electrons. The Morgan fingerprint density at radius 1 is 0.789 bits per heavy atom. The number of piperazine rings is 1. The Hall–Kier alpha value is -0.120. The zero-order chi connectivity index (χ0) is 13.1. The van der Waals surface area contributed by atoms with Crippen molar-refractivity contribution in [2.75, 3.05) is 32.7 Å². The van der Waals surface area contributed by atoms with E-state index < -0.39 is 0 Å². The topological polar surface area (TPSA) is 32.5 Å². The predicted octanol–water partition coefficient (Wildman–Crippen LogP) is 2.06. The van der Waals surface area contributed by atoms with Crippen molar-refractivity contribution in [3.05, 3.63) is 0 Å². The Kier molecular flexibility index (Phi) is 4.78. The van der Waals surface area contributed by atoms with Crippen LogP contribution in [0.4, 0.5) is 0 Å². The molecule has 3 fully saturated rings. The van der Waals surface area contributed by atoms with E-state index in [0.29, 0.717) is 12.1 Å². The van der Waals surface area contributed by atoms with Crippen molar-refractivity contribution in [2.45, 2.75) is 63.5 Å². The second-order valence-corrected chi connectivity index (χ2v) is 7.00. The highest BCUT2D eigenvalue weighted by Gasteiger charge is 2.30. The van der Waals surface area contributed by atoms with Gasteiger partial charge in [0.15, 0.2) is 0 Å². The van der Waals surface area contributed by atoms with Crippen LogP contribution in [0, 0.1) is 5.92 Å². The zero-order valence-electron chi connectivity index (χ0n) is 12.4. The molecule has 2 unspecified atom stereocenters. The highest BCUT2D eigenvalue weighted by molar-refractivity contribution is 4.88. The van der Waals surface area contributed by atoms with E-state index in [0.717, 1.165) is 5.92 Å². The first-order chi connectivity index (χ1) is 9.33. The maximum Gasteiger partial charge on any atom is 0.0248 e. The van der Waals surface area contributed by atoms with Crippen LogP contribution in [0.15, 0.2) is 0 Å². The first kappa shape index (κ1) is 13.8. The third kappa shape index (κ3) is 3.93. The van der Waals surface area contributed by atoms with Crippen LogP contribution in [0.2, 0.25) is 0 Å². The predicted molar refractivity (Wildman–Crippen MR) is 80.2 cm³/mol. The van der Waals surface area contributed by atoms with E-state index in [9.17, 15) is 0 Å². The van der Waals surface area contributed by atoms with Crippen molar-refractivity contribution in [1.82, 2.24) is 9.80 Å². The summed E-state index contributed by atoms with van der Waals surface area (Å²) in [6.07, 6.45) is 11.1. The van der Waals surface area contributed by atoms with Crippen LogP contribution in [0.3, 0.4) is 0 Å². The van der Waals surface area contributed by atoms with Gasteiger partial charge in [0.05, 0.1) is 0 Å². The fourth-order valence-electron chi connectivity index (χ4n) is 3.89. The van der Waals surface area contributed by atoms with Gasteiger partial charge in [-0.1, -0.05) is 25.7 Å². The van der Waals surface area contributed by atoms with Crippen LogP contribution in [0.5, 0.6) is 0 Å². The molecular formula is C16H31N3. The number of hydrogen-bond donors (Lipinski definition) is 1. The Morgan fingerprint density at radius 2 is 1.47 bits per heavy atom. The van der Waals surface area contributed by atoms with E-state index >= 15 is 0 Å². The Labute approximate surface area is 118 Å². The molecule has 19 heavy (non-hydrogen) atoms. The van der Waals surface area contributed by atoms with Crippen LogP contribution in [-0.4, -0.2) is 54.6 Å². The summed E-state index contributed by atoms with van der Waals surface area (Å²) >= 11 is 0. The molecule has 0 bridgehead atoms. The third-order valence-electron chi connectivity index (χ3n) is 5.37. The third-order valence-corrected chi connectivity index (χ3v) is 5.37. The molecule has 0 aromatic rings. The van der Waals surface area contributed by atoms with Gasteiger partial charge >= 0.3 is 0 Å². The summed E-state index contributed by atoms with van der Waals surface area (Å²) in [5.41, 5.74) is 6.45. The minimum atomic E-state index is 0.426. The molecule has 3 heteroatoms. The van der Waals surface area contributed by atoms with Gasteiger partial charge in [-0.25, -0.2) is 0 Å². The van der Waals surface area contributed by atoms with Crippen LogP contribution in [0.1, 0.15) is 51.4 Å². The molecule has 2 N–H and O–H groups in total. The molecule has 2 atom stereocenters. The van der Waals surface area contributed by atoms with Gasteiger partial charge in [0.2, 0.25) is 0 Å². The van der Waals surface area contributed by atoms with Crippen molar-refractivity contribution in [3.8, 4) is 0 Å². The minimum absolute atomic E-state index is 0.426. The summed E-state index contributed by atoms with van der Waals surface area (Å²) in [4.78, 5) is 5.39. The molecule has 3 nitrogen and oxygen atoms in total.